The molecule has 1 heterocycles. The molecule has 28 heavy (non-hydrogen) atoms. The lowest BCUT2D eigenvalue weighted by Gasteiger charge is -2.38. The van der Waals surface area contributed by atoms with E-state index >= 15 is 0 Å². The summed E-state index contributed by atoms with van der Waals surface area (Å²) in [5.74, 6) is 2.96. The van der Waals surface area contributed by atoms with Crippen LogP contribution in [0, 0.1) is 35.5 Å². The van der Waals surface area contributed by atoms with Crippen molar-refractivity contribution in [1.82, 2.24) is 0 Å². The van der Waals surface area contributed by atoms with Crippen molar-refractivity contribution in [3.8, 4) is 0 Å². The Labute approximate surface area is 183 Å². The fourth-order valence-electron chi connectivity index (χ4n) is 6.63. The Morgan fingerprint density at radius 3 is 2.61 bits per heavy atom. The molecule has 2 saturated carbocycles. The summed E-state index contributed by atoms with van der Waals surface area (Å²) >= 11 is 2.48. The molecule has 1 aliphatic heterocycles. The molecular formula is C24H35IO3. The van der Waals surface area contributed by atoms with E-state index in [1.54, 1.807) is 0 Å². The predicted octanol–water partition coefficient (Wildman–Crippen LogP) is 5.89. The Morgan fingerprint density at radius 2 is 1.82 bits per heavy atom. The summed E-state index contributed by atoms with van der Waals surface area (Å²) in [6.45, 7) is 4.22. The number of alkyl halides is 1. The maximum atomic E-state index is 13.5. The summed E-state index contributed by atoms with van der Waals surface area (Å²) in [6, 6.07) is 0. The normalized spacial score (nSPS) is 44.5. The van der Waals surface area contributed by atoms with Gasteiger partial charge in [-0.25, -0.2) is 0 Å². The number of carbonyl (C=O) groups excluding carboxylic acids is 2. The van der Waals surface area contributed by atoms with Crippen LogP contribution in [-0.4, -0.2) is 21.8 Å². The molecule has 0 aromatic rings. The van der Waals surface area contributed by atoms with Crippen LogP contribution in [-0.2, 0) is 14.3 Å². The summed E-state index contributed by atoms with van der Waals surface area (Å²) < 4.78 is 6.23. The van der Waals surface area contributed by atoms with Crippen LogP contribution in [0.15, 0.2) is 11.6 Å². The van der Waals surface area contributed by atoms with Crippen molar-refractivity contribution in [2.24, 2.45) is 35.5 Å². The minimum absolute atomic E-state index is 0.0386. The first-order chi connectivity index (χ1) is 13.5. The highest BCUT2D eigenvalue weighted by Crippen LogP contribution is 2.56. The van der Waals surface area contributed by atoms with Gasteiger partial charge in [-0.3, -0.25) is 9.59 Å². The van der Waals surface area contributed by atoms with Crippen LogP contribution in [0.4, 0.5) is 0 Å². The van der Waals surface area contributed by atoms with Crippen molar-refractivity contribution in [1.29, 1.82) is 0 Å². The molecule has 4 aliphatic rings. The lowest BCUT2D eigenvalue weighted by atomic mass is 9.66. The van der Waals surface area contributed by atoms with E-state index in [-0.39, 0.29) is 23.9 Å². The van der Waals surface area contributed by atoms with E-state index in [9.17, 15) is 9.59 Å². The highest BCUT2D eigenvalue weighted by molar-refractivity contribution is 14.1. The minimum Gasteiger partial charge on any atom is -0.462 e. The van der Waals surface area contributed by atoms with E-state index in [2.05, 4.69) is 42.5 Å². The number of Topliss-reactive ketones (excluding diaryl/α,β-unsaturated/α-hetero) is 1. The van der Waals surface area contributed by atoms with Crippen molar-refractivity contribution in [2.75, 3.05) is 0 Å². The lowest BCUT2D eigenvalue weighted by Crippen LogP contribution is -2.34. The number of ether oxygens (including phenoxy) is 1. The number of esters is 1. The van der Waals surface area contributed by atoms with Gasteiger partial charge in [0.05, 0.1) is 6.42 Å². The molecule has 0 aromatic carbocycles. The zero-order valence-corrected chi connectivity index (χ0v) is 19.5. The van der Waals surface area contributed by atoms with Crippen molar-refractivity contribution < 1.29 is 14.3 Å². The summed E-state index contributed by atoms with van der Waals surface area (Å²) in [6.07, 6.45) is 13.1. The molecule has 3 fully saturated rings. The monoisotopic (exact) mass is 498 g/mol. The topological polar surface area (TPSA) is 43.4 Å². The molecule has 156 valence electrons. The Morgan fingerprint density at radius 1 is 1.04 bits per heavy atom. The first-order valence-electron chi connectivity index (χ1n) is 11.6. The van der Waals surface area contributed by atoms with E-state index in [4.69, 9.17) is 4.74 Å². The van der Waals surface area contributed by atoms with Crippen LogP contribution in [0.5, 0.6) is 0 Å². The minimum atomic E-state index is -0.0796. The maximum Gasteiger partial charge on any atom is 0.306 e. The molecule has 4 unspecified atom stereocenters. The van der Waals surface area contributed by atoms with Crippen LogP contribution in [0.1, 0.15) is 78.1 Å². The van der Waals surface area contributed by atoms with Gasteiger partial charge in [0.2, 0.25) is 0 Å². The molecule has 0 N–H and O–H groups in total. The molecular weight excluding hydrogens is 463 g/mol. The molecule has 0 radical (unpaired) electrons. The smallest absolute Gasteiger partial charge is 0.306 e. The fourth-order valence-corrected chi connectivity index (χ4v) is 7.40. The number of ketones is 1. The standard InChI is InChI=1S/C24H35IO3/c1-3-16-7-5-9-22(25)14(2)24(27)21-12-19-17-8-4-6-15(17)10-11-18(19)20(21)13-23(26)28-16/h12,14-20,22H,3-11,13H2,1-2H3/t14-,15?,16+,17-,18?,19?,20+,22?/m1/s1. The van der Waals surface area contributed by atoms with Gasteiger partial charge in [0.1, 0.15) is 6.10 Å². The third-order valence-corrected chi connectivity index (χ3v) is 9.95. The quantitative estimate of drug-likeness (QED) is 0.257. The molecule has 4 heteroatoms. The van der Waals surface area contributed by atoms with Crippen LogP contribution in [0.3, 0.4) is 0 Å². The largest absolute Gasteiger partial charge is 0.462 e. The second-order valence-corrected chi connectivity index (χ2v) is 11.3. The van der Waals surface area contributed by atoms with E-state index in [1.807, 2.05) is 0 Å². The average Bonchev–Trinajstić information content (AvgIpc) is 3.29. The Bertz CT molecular complexity index is 642. The van der Waals surface area contributed by atoms with Gasteiger partial charge in [0.15, 0.2) is 5.78 Å². The molecule has 3 aliphatic carbocycles. The highest BCUT2D eigenvalue weighted by atomic mass is 127. The zero-order chi connectivity index (χ0) is 19.8. The zero-order valence-electron chi connectivity index (χ0n) is 17.4. The summed E-state index contributed by atoms with van der Waals surface area (Å²) in [7, 11) is 0. The van der Waals surface area contributed by atoms with E-state index in [1.165, 1.54) is 32.1 Å². The molecule has 4 rings (SSSR count). The van der Waals surface area contributed by atoms with Gasteiger partial charge >= 0.3 is 5.97 Å². The molecule has 0 bridgehead atoms. The van der Waals surface area contributed by atoms with E-state index in [0.29, 0.717) is 28.0 Å². The van der Waals surface area contributed by atoms with Gasteiger partial charge in [0, 0.05) is 15.8 Å². The third kappa shape index (κ3) is 3.96. The van der Waals surface area contributed by atoms with E-state index in [0.717, 1.165) is 43.1 Å². The van der Waals surface area contributed by atoms with Crippen molar-refractivity contribution in [2.45, 2.75) is 88.1 Å². The summed E-state index contributed by atoms with van der Waals surface area (Å²) in [5.41, 5.74) is 0.988. The summed E-state index contributed by atoms with van der Waals surface area (Å²) in [4.78, 5) is 26.3. The van der Waals surface area contributed by atoms with Crippen LogP contribution < -0.4 is 0 Å². The van der Waals surface area contributed by atoms with Gasteiger partial charge in [-0.2, -0.15) is 0 Å². The molecule has 1 saturated heterocycles. The van der Waals surface area contributed by atoms with Gasteiger partial charge in [-0.15, -0.1) is 0 Å². The van der Waals surface area contributed by atoms with Crippen molar-refractivity contribution in [3.05, 3.63) is 11.6 Å². The van der Waals surface area contributed by atoms with Gasteiger partial charge in [-0.1, -0.05) is 55.4 Å². The number of cyclic esters (lactones) is 1. The number of rotatable bonds is 1. The average molecular weight is 498 g/mol. The third-order valence-electron chi connectivity index (χ3n) is 8.25. The number of allylic oxidation sites excluding steroid dienone is 2. The first kappa shape index (κ1) is 20.9. The maximum absolute atomic E-state index is 13.5. The number of hydrogen-bond acceptors (Lipinski definition) is 3. The molecule has 8 atom stereocenters. The number of halogens is 1. The highest BCUT2D eigenvalue weighted by Gasteiger charge is 2.50. The Kier molecular flexibility index (Phi) is 6.54. The van der Waals surface area contributed by atoms with Crippen molar-refractivity contribution in [3.63, 3.8) is 0 Å². The molecule has 3 nitrogen and oxygen atoms in total. The van der Waals surface area contributed by atoms with E-state index < -0.39 is 0 Å². The van der Waals surface area contributed by atoms with Crippen LogP contribution in [0.25, 0.3) is 0 Å². The number of carbonyl (C=O) groups is 2. The molecule has 0 aromatic heterocycles. The molecule has 0 spiro atoms. The van der Waals surface area contributed by atoms with Gasteiger partial charge in [0.25, 0.3) is 0 Å². The SMILES string of the molecule is CC[C@H]1CCCC(I)[C@@H](C)C(=O)C2=CC3C(CCC4CCC[C@H]43)[C@@H]2CC(=O)O1. The lowest BCUT2D eigenvalue weighted by molar-refractivity contribution is -0.151. The Balaban J connectivity index is 1.63. The number of hydrogen-bond donors (Lipinski definition) is 0. The molecule has 0 amide bonds. The van der Waals surface area contributed by atoms with Crippen LogP contribution in [0.2, 0.25) is 0 Å². The predicted molar refractivity (Wildman–Crippen MR) is 119 cm³/mol. The van der Waals surface area contributed by atoms with Gasteiger partial charge < -0.3 is 4.74 Å². The van der Waals surface area contributed by atoms with Gasteiger partial charge in [-0.05, 0) is 74.2 Å². The van der Waals surface area contributed by atoms with Crippen molar-refractivity contribution >= 4 is 34.3 Å². The van der Waals surface area contributed by atoms with Crippen LogP contribution >= 0.6 is 22.6 Å². The second kappa shape index (κ2) is 8.77. The number of fused-ring (bicyclic) bond motifs is 5. The Hall–Kier alpha value is -0.390. The fraction of sp³-hybridized carbons (Fsp3) is 0.833. The second-order valence-electron chi connectivity index (χ2n) is 9.73. The summed E-state index contributed by atoms with van der Waals surface area (Å²) in [5, 5.41) is 0. The first-order valence-corrected chi connectivity index (χ1v) is 12.8.